The molecule has 1 fully saturated rings. The molecule has 21 heavy (non-hydrogen) atoms. The van der Waals surface area contributed by atoms with Crippen LogP contribution in [0.3, 0.4) is 0 Å². The molecule has 0 bridgehead atoms. The molecule has 0 spiro atoms. The van der Waals surface area contributed by atoms with Crippen LogP contribution in [0.5, 0.6) is 0 Å². The molecule has 5 nitrogen and oxygen atoms in total. The van der Waals surface area contributed by atoms with E-state index in [0.717, 1.165) is 18.5 Å². The van der Waals surface area contributed by atoms with Crippen molar-refractivity contribution in [1.82, 2.24) is 10.6 Å². The van der Waals surface area contributed by atoms with Crippen LogP contribution in [0.1, 0.15) is 36.0 Å². The lowest BCUT2D eigenvalue weighted by atomic mass is 10.1. The largest absolute Gasteiger partial charge is 0.387 e. The van der Waals surface area contributed by atoms with Gasteiger partial charge in [-0.2, -0.15) is 0 Å². The highest BCUT2D eigenvalue weighted by Gasteiger charge is 2.22. The molecule has 1 aliphatic carbocycles. The molecule has 6 heteroatoms. The van der Waals surface area contributed by atoms with Gasteiger partial charge in [0, 0.05) is 36.8 Å². The highest BCUT2D eigenvalue weighted by atomic mass is 35.5. The van der Waals surface area contributed by atoms with Gasteiger partial charge < -0.3 is 16.0 Å². The quantitative estimate of drug-likeness (QED) is 0.676. The monoisotopic (exact) mass is 309 g/mol. The predicted octanol–water partition coefficient (Wildman–Crippen LogP) is 2.17. The summed E-state index contributed by atoms with van der Waals surface area (Å²) in [6.07, 6.45) is 3.24. The number of amides is 2. The summed E-state index contributed by atoms with van der Waals surface area (Å²) >= 11 is 5.91. The molecule has 2 rings (SSSR count). The summed E-state index contributed by atoms with van der Waals surface area (Å²) in [6, 6.07) is 5.51. The highest BCUT2D eigenvalue weighted by Crippen LogP contribution is 2.20. The molecule has 3 N–H and O–H groups in total. The van der Waals surface area contributed by atoms with Gasteiger partial charge in [-0.1, -0.05) is 11.6 Å². The van der Waals surface area contributed by atoms with Crippen LogP contribution in [0.2, 0.25) is 5.02 Å². The molecule has 0 unspecified atom stereocenters. The van der Waals surface area contributed by atoms with Gasteiger partial charge in [0.2, 0.25) is 5.91 Å². The first-order chi connectivity index (χ1) is 10.1. The third-order valence-corrected chi connectivity index (χ3v) is 3.54. The Labute approximate surface area is 129 Å². The Kier molecular flexibility index (Phi) is 5.44. The van der Waals surface area contributed by atoms with Crippen molar-refractivity contribution in [3.63, 3.8) is 0 Å². The van der Waals surface area contributed by atoms with Crippen molar-refractivity contribution in [2.45, 2.75) is 31.7 Å². The summed E-state index contributed by atoms with van der Waals surface area (Å²) in [5.41, 5.74) is 1.23. The molecule has 2 amide bonds. The van der Waals surface area contributed by atoms with Crippen molar-refractivity contribution >= 4 is 29.1 Å². The van der Waals surface area contributed by atoms with E-state index < -0.39 is 0 Å². The number of hydrogen-bond acceptors (Lipinski definition) is 3. The van der Waals surface area contributed by atoms with Crippen molar-refractivity contribution in [2.75, 3.05) is 18.9 Å². The summed E-state index contributed by atoms with van der Waals surface area (Å²) in [4.78, 5) is 23.6. The molecule has 1 aliphatic rings. The van der Waals surface area contributed by atoms with E-state index in [2.05, 4.69) is 16.0 Å². The van der Waals surface area contributed by atoms with Gasteiger partial charge in [0.25, 0.3) is 5.91 Å². The fraction of sp³-hybridized carbons (Fsp3) is 0.467. The number of hydrogen-bond donors (Lipinski definition) is 3. The Hall–Kier alpha value is -1.75. The van der Waals surface area contributed by atoms with Crippen molar-refractivity contribution < 1.29 is 9.59 Å². The SMILES string of the molecule is CNc1ccc(Cl)cc1C(=O)NCCCC(=O)NC1CC1. The Morgan fingerprint density at radius 3 is 2.76 bits per heavy atom. The van der Waals surface area contributed by atoms with Crippen LogP contribution < -0.4 is 16.0 Å². The van der Waals surface area contributed by atoms with Crippen LogP contribution in [-0.2, 0) is 4.79 Å². The standard InChI is InChI=1S/C15H20ClN3O2/c1-17-13-7-4-10(16)9-12(13)15(21)18-8-2-3-14(20)19-11-5-6-11/h4,7,9,11,17H,2-3,5-6,8H2,1H3,(H,18,21)(H,19,20). The summed E-state index contributed by atoms with van der Waals surface area (Å²) in [6.45, 7) is 0.465. The molecule has 0 saturated heterocycles. The van der Waals surface area contributed by atoms with Gasteiger partial charge >= 0.3 is 0 Å². The summed E-state index contributed by atoms with van der Waals surface area (Å²) in [7, 11) is 1.75. The number of rotatable bonds is 7. The molecule has 0 aromatic heterocycles. The molecular formula is C15H20ClN3O2. The van der Waals surface area contributed by atoms with Gasteiger partial charge in [0.05, 0.1) is 5.56 Å². The zero-order valence-electron chi connectivity index (χ0n) is 12.0. The van der Waals surface area contributed by atoms with Crippen LogP contribution >= 0.6 is 11.6 Å². The number of halogens is 1. The Bertz CT molecular complexity index is 530. The van der Waals surface area contributed by atoms with Crippen molar-refractivity contribution in [2.24, 2.45) is 0 Å². The molecule has 1 aromatic carbocycles. The smallest absolute Gasteiger partial charge is 0.253 e. The molecule has 1 aromatic rings. The van der Waals surface area contributed by atoms with E-state index in [4.69, 9.17) is 11.6 Å². The van der Waals surface area contributed by atoms with Crippen molar-refractivity contribution in [3.05, 3.63) is 28.8 Å². The maximum atomic E-state index is 12.1. The number of nitrogens with one attached hydrogen (secondary N) is 3. The van der Waals surface area contributed by atoms with Crippen molar-refractivity contribution in [3.8, 4) is 0 Å². The van der Waals surface area contributed by atoms with E-state index in [1.165, 1.54) is 0 Å². The minimum atomic E-state index is -0.190. The first-order valence-electron chi connectivity index (χ1n) is 7.15. The second-order valence-corrected chi connectivity index (χ2v) is 5.58. The van der Waals surface area contributed by atoms with E-state index in [0.29, 0.717) is 36.0 Å². The lowest BCUT2D eigenvalue weighted by molar-refractivity contribution is -0.121. The average molecular weight is 310 g/mol. The van der Waals surface area contributed by atoms with Gasteiger partial charge in [-0.15, -0.1) is 0 Å². The van der Waals surface area contributed by atoms with E-state index in [-0.39, 0.29) is 11.8 Å². The maximum absolute atomic E-state index is 12.1. The Morgan fingerprint density at radius 2 is 2.10 bits per heavy atom. The molecule has 0 atom stereocenters. The van der Waals surface area contributed by atoms with E-state index >= 15 is 0 Å². The van der Waals surface area contributed by atoms with Gasteiger partial charge in [-0.25, -0.2) is 0 Å². The maximum Gasteiger partial charge on any atom is 0.253 e. The number of anilines is 1. The van der Waals surface area contributed by atoms with Gasteiger partial charge in [-0.05, 0) is 37.5 Å². The minimum Gasteiger partial charge on any atom is -0.387 e. The van der Waals surface area contributed by atoms with Gasteiger partial charge in [0.15, 0.2) is 0 Å². The van der Waals surface area contributed by atoms with Gasteiger partial charge in [0.1, 0.15) is 0 Å². The topological polar surface area (TPSA) is 70.2 Å². The predicted molar refractivity (Wildman–Crippen MR) is 83.7 cm³/mol. The van der Waals surface area contributed by atoms with E-state index in [1.54, 1.807) is 25.2 Å². The molecule has 0 heterocycles. The van der Waals surface area contributed by atoms with Gasteiger partial charge in [-0.3, -0.25) is 9.59 Å². The third-order valence-electron chi connectivity index (χ3n) is 3.30. The molecule has 0 radical (unpaired) electrons. The van der Waals surface area contributed by atoms with Crippen LogP contribution in [0, 0.1) is 0 Å². The lowest BCUT2D eigenvalue weighted by Crippen LogP contribution is -2.28. The summed E-state index contributed by atoms with van der Waals surface area (Å²) < 4.78 is 0. The average Bonchev–Trinajstić information content (AvgIpc) is 3.27. The van der Waals surface area contributed by atoms with E-state index in [1.807, 2.05) is 0 Å². The second-order valence-electron chi connectivity index (χ2n) is 5.14. The Balaban J connectivity index is 1.76. The summed E-state index contributed by atoms with van der Waals surface area (Å²) in [5.74, 6) is -0.130. The number of carbonyl (C=O) groups is 2. The normalized spacial score (nSPS) is 13.6. The first kappa shape index (κ1) is 15.6. The van der Waals surface area contributed by atoms with Crippen LogP contribution in [-0.4, -0.2) is 31.4 Å². The summed E-state index contributed by atoms with van der Waals surface area (Å²) in [5, 5.41) is 9.20. The minimum absolute atomic E-state index is 0.0606. The zero-order chi connectivity index (χ0) is 15.2. The Morgan fingerprint density at radius 1 is 1.33 bits per heavy atom. The number of carbonyl (C=O) groups excluding carboxylic acids is 2. The van der Waals surface area contributed by atoms with Crippen molar-refractivity contribution in [1.29, 1.82) is 0 Å². The second kappa shape index (κ2) is 7.31. The zero-order valence-corrected chi connectivity index (χ0v) is 12.8. The first-order valence-corrected chi connectivity index (χ1v) is 7.53. The highest BCUT2D eigenvalue weighted by molar-refractivity contribution is 6.31. The van der Waals surface area contributed by atoms with Crippen LogP contribution in [0.15, 0.2) is 18.2 Å². The fourth-order valence-electron chi connectivity index (χ4n) is 2.00. The third kappa shape index (κ3) is 4.93. The van der Waals surface area contributed by atoms with E-state index in [9.17, 15) is 9.59 Å². The van der Waals surface area contributed by atoms with Crippen LogP contribution in [0.25, 0.3) is 0 Å². The number of benzene rings is 1. The lowest BCUT2D eigenvalue weighted by Gasteiger charge is -2.10. The molecule has 1 saturated carbocycles. The molecule has 114 valence electrons. The molecular weight excluding hydrogens is 290 g/mol. The molecule has 0 aliphatic heterocycles. The van der Waals surface area contributed by atoms with Crippen LogP contribution in [0.4, 0.5) is 5.69 Å². The fourth-order valence-corrected chi connectivity index (χ4v) is 2.17.